The van der Waals surface area contributed by atoms with Crippen LogP contribution in [-0.2, 0) is 6.61 Å². The van der Waals surface area contributed by atoms with Crippen LogP contribution in [0.15, 0.2) is 5.38 Å². The minimum atomic E-state index is 0.115. The average molecular weight is 157 g/mol. The summed E-state index contributed by atoms with van der Waals surface area (Å²) < 4.78 is 4.17. The Labute approximate surface area is 64.7 Å². The zero-order valence-electron chi connectivity index (χ0n) is 6.16. The Kier molecular flexibility index (Phi) is 2.40. The highest BCUT2D eigenvalue weighted by Crippen LogP contribution is 2.19. The van der Waals surface area contributed by atoms with Crippen molar-refractivity contribution in [3.05, 3.63) is 16.6 Å². The van der Waals surface area contributed by atoms with Crippen LogP contribution < -0.4 is 0 Å². The van der Waals surface area contributed by atoms with Gasteiger partial charge in [-0.2, -0.15) is 4.37 Å². The molecular weight excluding hydrogens is 146 g/mol. The first-order valence-electron chi connectivity index (χ1n) is 3.29. The lowest BCUT2D eigenvalue weighted by molar-refractivity contribution is 0.280. The predicted octanol–water partition coefficient (Wildman–Crippen LogP) is 1.76. The second-order valence-electron chi connectivity index (χ2n) is 2.54. The molecule has 0 spiro atoms. The van der Waals surface area contributed by atoms with Crippen LogP contribution in [0.2, 0.25) is 0 Å². The Morgan fingerprint density at radius 3 is 2.80 bits per heavy atom. The van der Waals surface area contributed by atoms with Gasteiger partial charge in [0, 0.05) is 10.9 Å². The van der Waals surface area contributed by atoms with Crippen molar-refractivity contribution in [2.45, 2.75) is 26.4 Å². The molecule has 0 atom stereocenters. The minimum Gasteiger partial charge on any atom is -0.392 e. The molecule has 1 N–H and O–H groups in total. The number of aliphatic hydroxyl groups is 1. The first-order valence-corrected chi connectivity index (χ1v) is 4.13. The lowest BCUT2D eigenvalue weighted by Gasteiger charge is -2.00. The zero-order chi connectivity index (χ0) is 7.56. The van der Waals surface area contributed by atoms with Gasteiger partial charge in [0.15, 0.2) is 0 Å². The molecule has 0 radical (unpaired) electrons. The second-order valence-corrected chi connectivity index (χ2v) is 3.17. The first-order chi connectivity index (χ1) is 4.75. The quantitative estimate of drug-likeness (QED) is 0.709. The first kappa shape index (κ1) is 7.69. The third-order valence-electron chi connectivity index (χ3n) is 1.39. The van der Waals surface area contributed by atoms with E-state index in [2.05, 4.69) is 18.2 Å². The molecule has 10 heavy (non-hydrogen) atoms. The van der Waals surface area contributed by atoms with Gasteiger partial charge >= 0.3 is 0 Å². The number of hydrogen-bond acceptors (Lipinski definition) is 3. The van der Waals surface area contributed by atoms with E-state index < -0.39 is 0 Å². The van der Waals surface area contributed by atoms with Crippen LogP contribution >= 0.6 is 11.5 Å². The van der Waals surface area contributed by atoms with Crippen molar-refractivity contribution in [3.8, 4) is 0 Å². The molecule has 1 heterocycles. The lowest BCUT2D eigenvalue weighted by Crippen LogP contribution is -1.92. The maximum Gasteiger partial charge on any atom is 0.0708 e. The molecule has 0 unspecified atom stereocenters. The molecule has 0 bridgehead atoms. The topological polar surface area (TPSA) is 33.1 Å². The Hall–Kier alpha value is -0.410. The third-order valence-corrected chi connectivity index (χ3v) is 2.08. The van der Waals surface area contributed by atoms with Crippen LogP contribution in [0.5, 0.6) is 0 Å². The molecule has 0 aliphatic rings. The van der Waals surface area contributed by atoms with Gasteiger partial charge in [0.2, 0.25) is 0 Å². The molecule has 0 fully saturated rings. The fourth-order valence-electron chi connectivity index (χ4n) is 0.860. The van der Waals surface area contributed by atoms with Crippen molar-refractivity contribution >= 4 is 11.5 Å². The van der Waals surface area contributed by atoms with E-state index in [0.717, 1.165) is 11.3 Å². The average Bonchev–Trinajstić information content (AvgIpc) is 2.33. The summed E-state index contributed by atoms with van der Waals surface area (Å²) in [6, 6.07) is 0. The summed E-state index contributed by atoms with van der Waals surface area (Å²) in [6.45, 7) is 4.27. The highest BCUT2D eigenvalue weighted by Gasteiger charge is 2.07. The summed E-state index contributed by atoms with van der Waals surface area (Å²) in [4.78, 5) is 0. The smallest absolute Gasteiger partial charge is 0.0708 e. The van der Waals surface area contributed by atoms with Crippen LogP contribution in [0.3, 0.4) is 0 Å². The van der Waals surface area contributed by atoms with E-state index in [9.17, 15) is 0 Å². The maximum atomic E-state index is 8.82. The standard InChI is InChI=1S/C7H11NOS/c1-5(2)7-6(3-9)4-10-8-7/h4-5,9H,3H2,1-2H3. The van der Waals surface area contributed by atoms with Crippen molar-refractivity contribution in [2.75, 3.05) is 0 Å². The molecule has 0 saturated heterocycles. The molecule has 0 saturated carbocycles. The van der Waals surface area contributed by atoms with E-state index >= 15 is 0 Å². The highest BCUT2D eigenvalue weighted by atomic mass is 32.1. The summed E-state index contributed by atoms with van der Waals surface area (Å²) in [5.41, 5.74) is 2.01. The molecular formula is C7H11NOS. The zero-order valence-corrected chi connectivity index (χ0v) is 6.98. The minimum absolute atomic E-state index is 0.115. The Balaban J connectivity index is 2.90. The van der Waals surface area contributed by atoms with Crippen molar-refractivity contribution in [3.63, 3.8) is 0 Å². The van der Waals surface area contributed by atoms with Gasteiger partial charge in [-0.15, -0.1) is 0 Å². The molecule has 0 aromatic carbocycles. The van der Waals surface area contributed by atoms with Gasteiger partial charge in [0.1, 0.15) is 0 Å². The van der Waals surface area contributed by atoms with Crippen LogP contribution in [-0.4, -0.2) is 9.48 Å². The molecule has 0 amide bonds. The third kappa shape index (κ3) is 1.36. The molecule has 3 heteroatoms. The Morgan fingerprint density at radius 1 is 1.70 bits per heavy atom. The highest BCUT2D eigenvalue weighted by molar-refractivity contribution is 7.03. The summed E-state index contributed by atoms with van der Waals surface area (Å²) in [7, 11) is 0. The number of nitrogens with zero attached hydrogens (tertiary/aromatic N) is 1. The predicted molar refractivity (Wildman–Crippen MR) is 42.1 cm³/mol. The fourth-order valence-corrected chi connectivity index (χ4v) is 1.68. The van der Waals surface area contributed by atoms with Gasteiger partial charge in [0.25, 0.3) is 0 Å². The number of aromatic nitrogens is 1. The molecule has 56 valence electrons. The van der Waals surface area contributed by atoms with Gasteiger partial charge in [0.05, 0.1) is 12.3 Å². The molecule has 1 aromatic rings. The lowest BCUT2D eigenvalue weighted by atomic mass is 10.1. The largest absolute Gasteiger partial charge is 0.392 e. The Morgan fingerprint density at radius 2 is 2.40 bits per heavy atom. The SMILES string of the molecule is CC(C)c1nscc1CO. The van der Waals surface area contributed by atoms with Crippen molar-refractivity contribution in [1.82, 2.24) is 4.37 Å². The number of hydrogen-bond donors (Lipinski definition) is 1. The second kappa shape index (κ2) is 3.12. The summed E-state index contributed by atoms with van der Waals surface area (Å²) >= 11 is 1.41. The summed E-state index contributed by atoms with van der Waals surface area (Å²) in [5, 5.41) is 10.7. The van der Waals surface area contributed by atoms with Crippen molar-refractivity contribution in [1.29, 1.82) is 0 Å². The summed E-state index contributed by atoms with van der Waals surface area (Å²) in [6.07, 6.45) is 0. The van der Waals surface area contributed by atoms with Gasteiger partial charge < -0.3 is 5.11 Å². The van der Waals surface area contributed by atoms with E-state index in [0.29, 0.717) is 5.92 Å². The molecule has 2 nitrogen and oxygen atoms in total. The monoisotopic (exact) mass is 157 g/mol. The van der Waals surface area contributed by atoms with Crippen LogP contribution in [0, 0.1) is 0 Å². The maximum absolute atomic E-state index is 8.82. The van der Waals surface area contributed by atoms with Crippen LogP contribution in [0.1, 0.15) is 31.0 Å². The summed E-state index contributed by atoms with van der Waals surface area (Å²) in [5.74, 6) is 0.424. The van der Waals surface area contributed by atoms with E-state index in [1.54, 1.807) is 0 Å². The van der Waals surface area contributed by atoms with Gasteiger partial charge in [-0.05, 0) is 17.5 Å². The molecule has 1 aromatic heterocycles. The molecule has 0 aliphatic heterocycles. The van der Waals surface area contributed by atoms with Gasteiger partial charge in [-0.3, -0.25) is 0 Å². The van der Waals surface area contributed by atoms with Gasteiger partial charge in [-0.1, -0.05) is 13.8 Å². The van der Waals surface area contributed by atoms with E-state index in [4.69, 9.17) is 5.11 Å². The molecule has 1 rings (SSSR count). The van der Waals surface area contributed by atoms with Crippen LogP contribution in [0.25, 0.3) is 0 Å². The van der Waals surface area contributed by atoms with Crippen molar-refractivity contribution < 1.29 is 5.11 Å². The van der Waals surface area contributed by atoms with Gasteiger partial charge in [-0.25, -0.2) is 0 Å². The number of aliphatic hydroxyl groups excluding tert-OH is 1. The number of rotatable bonds is 2. The van der Waals surface area contributed by atoms with Crippen molar-refractivity contribution in [2.24, 2.45) is 0 Å². The Bertz CT molecular complexity index is 207. The van der Waals surface area contributed by atoms with E-state index in [1.807, 2.05) is 5.38 Å². The molecule has 0 aliphatic carbocycles. The van der Waals surface area contributed by atoms with E-state index in [-0.39, 0.29) is 6.61 Å². The van der Waals surface area contributed by atoms with Crippen LogP contribution in [0.4, 0.5) is 0 Å². The normalized spacial score (nSPS) is 10.8. The fraction of sp³-hybridized carbons (Fsp3) is 0.571. The van der Waals surface area contributed by atoms with E-state index in [1.165, 1.54) is 11.5 Å².